The van der Waals surface area contributed by atoms with Crippen LogP contribution in [0, 0.1) is 6.92 Å². The summed E-state index contributed by atoms with van der Waals surface area (Å²) in [5.74, 6) is -0.183. The molecule has 0 bridgehead atoms. The van der Waals surface area contributed by atoms with Gasteiger partial charge in [-0.05, 0) is 57.0 Å². The van der Waals surface area contributed by atoms with Crippen molar-refractivity contribution in [1.82, 2.24) is 4.98 Å². The highest BCUT2D eigenvalue weighted by atomic mass is 32.1. The van der Waals surface area contributed by atoms with Gasteiger partial charge >= 0.3 is 5.97 Å². The van der Waals surface area contributed by atoms with Crippen LogP contribution in [-0.4, -0.2) is 44.2 Å². The fraction of sp³-hybridized carbons (Fsp3) is 0.727. The molecule has 0 amide bonds. The Morgan fingerprint density at radius 1 is 1.38 bits per heavy atom. The van der Waals surface area contributed by atoms with E-state index < -0.39 is 8.32 Å². The molecule has 1 aliphatic rings. The van der Waals surface area contributed by atoms with Crippen LogP contribution >= 0.6 is 11.3 Å². The first-order valence-electron chi connectivity index (χ1n) is 10.7. The zero-order chi connectivity index (χ0) is 21.7. The van der Waals surface area contributed by atoms with Gasteiger partial charge in [0, 0.05) is 18.2 Å². The molecular weight excluding hydrogens is 402 g/mol. The van der Waals surface area contributed by atoms with Gasteiger partial charge in [0.05, 0.1) is 35.6 Å². The number of carbonyl (C=O) groups excluding carboxylic acids is 1. The Balaban J connectivity index is 2.15. The van der Waals surface area contributed by atoms with Crippen molar-refractivity contribution >= 4 is 31.7 Å². The quantitative estimate of drug-likeness (QED) is 0.236. The SMILES string of the molecule is CC[Si](CC)(CC)O[C@@H](C[C@@H]1O[C@]1(C)CCC(=O)OC)/C(C)=C/c1csc(C)n1. The Hall–Kier alpha value is -1.02. The van der Waals surface area contributed by atoms with Crippen molar-refractivity contribution in [1.29, 1.82) is 0 Å². The lowest BCUT2D eigenvalue weighted by atomic mass is 9.95. The number of carbonyl (C=O) groups is 1. The monoisotopic (exact) mass is 439 g/mol. The summed E-state index contributed by atoms with van der Waals surface area (Å²) in [5.41, 5.74) is 1.94. The zero-order valence-corrected chi connectivity index (χ0v) is 20.9. The van der Waals surface area contributed by atoms with Crippen molar-refractivity contribution < 1.29 is 18.7 Å². The molecule has 1 saturated heterocycles. The van der Waals surface area contributed by atoms with E-state index in [1.807, 2.05) is 6.92 Å². The van der Waals surface area contributed by atoms with Gasteiger partial charge in [-0.25, -0.2) is 4.98 Å². The number of aryl methyl sites for hydroxylation is 1. The van der Waals surface area contributed by atoms with Gasteiger partial charge < -0.3 is 13.9 Å². The van der Waals surface area contributed by atoms with Gasteiger partial charge in [0.25, 0.3) is 0 Å². The third kappa shape index (κ3) is 6.48. The number of hydrogen-bond acceptors (Lipinski definition) is 6. The molecular formula is C22H37NO4SSi. The van der Waals surface area contributed by atoms with Gasteiger partial charge in [0.2, 0.25) is 0 Å². The van der Waals surface area contributed by atoms with E-state index in [1.54, 1.807) is 11.3 Å². The van der Waals surface area contributed by atoms with E-state index in [0.717, 1.165) is 35.3 Å². The topological polar surface area (TPSA) is 61.0 Å². The Bertz CT molecular complexity index is 707. The maximum Gasteiger partial charge on any atom is 0.305 e. The van der Waals surface area contributed by atoms with E-state index in [4.69, 9.17) is 13.9 Å². The third-order valence-corrected chi connectivity index (χ3v) is 11.8. The molecule has 164 valence electrons. The molecule has 7 heteroatoms. The summed E-state index contributed by atoms with van der Waals surface area (Å²) in [4.78, 5) is 16.1. The van der Waals surface area contributed by atoms with E-state index in [9.17, 15) is 4.79 Å². The van der Waals surface area contributed by atoms with Gasteiger partial charge in [-0.3, -0.25) is 4.79 Å². The van der Waals surface area contributed by atoms with Crippen LogP contribution in [-0.2, 0) is 18.7 Å². The van der Waals surface area contributed by atoms with E-state index in [0.29, 0.717) is 12.8 Å². The molecule has 1 aromatic rings. The standard InChI is InChI=1S/C22H37NO4SSi/c1-8-29(9-2,10-3)27-19(16(4)13-18-15-28-17(5)23-18)14-20-22(6,26-20)12-11-21(24)25-7/h13,15,19-20H,8-12,14H2,1-7H3/b16-13+/t19-,20-,22+/m0/s1. The van der Waals surface area contributed by atoms with Gasteiger partial charge in [-0.2, -0.15) is 0 Å². The number of nitrogens with zero attached hydrogens (tertiary/aromatic N) is 1. The minimum absolute atomic E-state index is 0.0217. The molecule has 3 atom stereocenters. The molecule has 1 aromatic heterocycles. The van der Waals surface area contributed by atoms with Crippen LogP contribution in [0.1, 0.15) is 64.6 Å². The van der Waals surface area contributed by atoms with Crippen molar-refractivity contribution in [3.8, 4) is 0 Å². The van der Waals surface area contributed by atoms with Crippen LogP contribution in [0.15, 0.2) is 11.0 Å². The summed E-state index contributed by atoms with van der Waals surface area (Å²) in [6.07, 6.45) is 4.17. The molecule has 0 N–H and O–H groups in total. The number of hydrogen-bond donors (Lipinski definition) is 0. The average molecular weight is 440 g/mol. The van der Waals surface area contributed by atoms with Gasteiger partial charge in [-0.15, -0.1) is 11.3 Å². The Morgan fingerprint density at radius 2 is 2.03 bits per heavy atom. The second-order valence-electron chi connectivity index (χ2n) is 8.26. The fourth-order valence-electron chi connectivity index (χ4n) is 3.86. The molecule has 0 unspecified atom stereocenters. The minimum atomic E-state index is -1.77. The van der Waals surface area contributed by atoms with Crippen LogP contribution in [0.4, 0.5) is 0 Å². The highest BCUT2D eigenvalue weighted by Gasteiger charge is 2.53. The molecule has 2 heterocycles. The molecule has 2 rings (SSSR count). The van der Waals surface area contributed by atoms with Gasteiger partial charge in [-0.1, -0.05) is 20.8 Å². The Kier molecular flexibility index (Phi) is 8.64. The molecule has 0 aromatic carbocycles. The predicted molar refractivity (Wildman–Crippen MR) is 122 cm³/mol. The van der Waals surface area contributed by atoms with Crippen molar-refractivity contribution in [2.45, 2.75) is 96.7 Å². The maximum absolute atomic E-state index is 11.5. The first-order chi connectivity index (χ1) is 13.7. The number of epoxide rings is 1. The molecule has 0 radical (unpaired) electrons. The van der Waals surface area contributed by atoms with Crippen molar-refractivity contribution in [3.05, 3.63) is 21.7 Å². The molecule has 0 saturated carbocycles. The normalized spacial score (nSPS) is 23.1. The number of thiazole rings is 1. The van der Waals surface area contributed by atoms with E-state index in [2.05, 4.69) is 51.1 Å². The molecule has 0 spiro atoms. The summed E-state index contributed by atoms with van der Waals surface area (Å²) in [5, 5.41) is 3.16. The Morgan fingerprint density at radius 3 is 2.55 bits per heavy atom. The third-order valence-electron chi connectivity index (χ3n) is 6.36. The number of esters is 1. The number of methoxy groups -OCH3 is 1. The molecule has 5 nitrogen and oxygen atoms in total. The average Bonchev–Trinajstić information content (AvgIpc) is 3.17. The number of aromatic nitrogens is 1. The van der Waals surface area contributed by atoms with Crippen molar-refractivity contribution in [3.63, 3.8) is 0 Å². The second kappa shape index (κ2) is 10.3. The van der Waals surface area contributed by atoms with E-state index >= 15 is 0 Å². The molecule has 29 heavy (non-hydrogen) atoms. The van der Waals surface area contributed by atoms with E-state index in [-0.39, 0.29) is 23.8 Å². The fourth-order valence-corrected chi connectivity index (χ4v) is 7.31. The summed E-state index contributed by atoms with van der Waals surface area (Å²) >= 11 is 1.67. The van der Waals surface area contributed by atoms with E-state index in [1.165, 1.54) is 12.7 Å². The van der Waals surface area contributed by atoms with Gasteiger partial charge in [0.15, 0.2) is 8.32 Å². The first-order valence-corrected chi connectivity index (χ1v) is 14.1. The highest BCUT2D eigenvalue weighted by Crippen LogP contribution is 2.44. The van der Waals surface area contributed by atoms with Crippen LogP contribution in [0.3, 0.4) is 0 Å². The van der Waals surface area contributed by atoms with Crippen molar-refractivity contribution in [2.24, 2.45) is 0 Å². The Labute approximate surface area is 181 Å². The second-order valence-corrected chi connectivity index (χ2v) is 14.0. The smallest absolute Gasteiger partial charge is 0.305 e. The molecule has 0 aliphatic carbocycles. The summed E-state index contributed by atoms with van der Waals surface area (Å²) in [7, 11) is -0.342. The minimum Gasteiger partial charge on any atom is -0.469 e. The number of rotatable bonds is 12. The van der Waals surface area contributed by atoms with Crippen LogP contribution < -0.4 is 0 Å². The molecule has 1 fully saturated rings. The maximum atomic E-state index is 11.5. The van der Waals surface area contributed by atoms with Crippen LogP contribution in [0.25, 0.3) is 6.08 Å². The lowest BCUT2D eigenvalue weighted by molar-refractivity contribution is -0.141. The summed E-state index contributed by atoms with van der Waals surface area (Å²) in [6.45, 7) is 13.0. The highest BCUT2D eigenvalue weighted by molar-refractivity contribution is 7.09. The summed E-state index contributed by atoms with van der Waals surface area (Å²) < 4.78 is 17.7. The van der Waals surface area contributed by atoms with Gasteiger partial charge in [0.1, 0.15) is 0 Å². The predicted octanol–water partition coefficient (Wildman–Crippen LogP) is 5.75. The first kappa shape index (κ1) is 24.2. The van der Waals surface area contributed by atoms with Crippen LogP contribution in [0.2, 0.25) is 18.1 Å². The lowest BCUT2D eigenvalue weighted by Gasteiger charge is -2.34. The number of ether oxygens (including phenoxy) is 2. The lowest BCUT2D eigenvalue weighted by Crippen LogP contribution is -2.41. The largest absolute Gasteiger partial charge is 0.469 e. The van der Waals surface area contributed by atoms with Crippen molar-refractivity contribution in [2.75, 3.05) is 7.11 Å². The van der Waals surface area contributed by atoms with Crippen LogP contribution in [0.5, 0.6) is 0 Å². The molecule has 1 aliphatic heterocycles. The zero-order valence-electron chi connectivity index (χ0n) is 19.0. The summed E-state index contributed by atoms with van der Waals surface area (Å²) in [6, 6.07) is 3.35.